The highest BCUT2D eigenvalue weighted by Gasteiger charge is 2.61. The summed E-state index contributed by atoms with van der Waals surface area (Å²) in [4.78, 5) is 0. The molecule has 4 rings (SSSR count). The standard InChI is InChI=1S/C22H32F3NO2/c1-20-8-7-17-15(16(20)6-4-14(20)11-26)5-3-13-9-18(27)19(10-21(13,17)2)28-12-22(23,24)25/h13-19,27H,3-10,12H2,1-2H3/t13-,14?,15-,16-,17-,18-,19-,20+,21-/m0/s1. The molecule has 0 saturated heterocycles. The third-order valence-corrected chi connectivity index (χ3v) is 9.28. The molecule has 9 atom stereocenters. The summed E-state index contributed by atoms with van der Waals surface area (Å²) in [5, 5.41) is 20.1. The van der Waals surface area contributed by atoms with Crippen molar-refractivity contribution in [1.29, 1.82) is 5.26 Å². The van der Waals surface area contributed by atoms with Gasteiger partial charge in [0.25, 0.3) is 0 Å². The number of alkyl halides is 3. The van der Waals surface area contributed by atoms with Gasteiger partial charge >= 0.3 is 6.18 Å². The quantitative estimate of drug-likeness (QED) is 0.704. The highest BCUT2D eigenvalue weighted by Crippen LogP contribution is 2.67. The van der Waals surface area contributed by atoms with Crippen LogP contribution in [0, 0.1) is 51.8 Å². The Balaban J connectivity index is 1.54. The van der Waals surface area contributed by atoms with E-state index in [9.17, 15) is 23.5 Å². The van der Waals surface area contributed by atoms with Crippen LogP contribution in [0.5, 0.6) is 0 Å². The zero-order valence-corrected chi connectivity index (χ0v) is 16.8. The molecule has 0 amide bonds. The van der Waals surface area contributed by atoms with Gasteiger partial charge in [-0.2, -0.15) is 18.4 Å². The molecule has 0 radical (unpaired) electrons. The lowest BCUT2D eigenvalue weighted by molar-refractivity contribution is -0.220. The van der Waals surface area contributed by atoms with Crippen LogP contribution >= 0.6 is 0 Å². The summed E-state index contributed by atoms with van der Waals surface area (Å²) >= 11 is 0. The van der Waals surface area contributed by atoms with E-state index in [0.717, 1.165) is 38.5 Å². The van der Waals surface area contributed by atoms with Gasteiger partial charge in [0.15, 0.2) is 0 Å². The summed E-state index contributed by atoms with van der Waals surface area (Å²) in [6, 6.07) is 2.55. The van der Waals surface area contributed by atoms with E-state index in [1.165, 1.54) is 0 Å². The topological polar surface area (TPSA) is 53.2 Å². The van der Waals surface area contributed by atoms with Crippen molar-refractivity contribution >= 4 is 0 Å². The number of ether oxygens (including phenoxy) is 1. The number of hydrogen-bond donors (Lipinski definition) is 1. The molecule has 0 aliphatic heterocycles. The molecular weight excluding hydrogens is 367 g/mol. The Kier molecular flexibility index (Phi) is 5.03. The van der Waals surface area contributed by atoms with Crippen molar-refractivity contribution in [1.82, 2.24) is 0 Å². The lowest BCUT2D eigenvalue weighted by atomic mass is 9.44. The van der Waals surface area contributed by atoms with Gasteiger partial charge in [-0.3, -0.25) is 0 Å². The zero-order valence-electron chi connectivity index (χ0n) is 16.8. The minimum absolute atomic E-state index is 0.0789. The highest BCUT2D eigenvalue weighted by atomic mass is 19.4. The van der Waals surface area contributed by atoms with Crippen LogP contribution in [-0.2, 0) is 4.74 Å². The fraction of sp³-hybridized carbons (Fsp3) is 0.955. The molecule has 4 aliphatic carbocycles. The number of fused-ring (bicyclic) bond motifs is 5. The summed E-state index contributed by atoms with van der Waals surface area (Å²) in [5.74, 6) is 2.06. The molecule has 4 fully saturated rings. The van der Waals surface area contributed by atoms with Gasteiger partial charge in [0.2, 0.25) is 0 Å². The molecule has 4 saturated carbocycles. The predicted octanol–water partition coefficient (Wildman–Crippen LogP) is 5.09. The Morgan fingerprint density at radius 3 is 2.46 bits per heavy atom. The molecular formula is C22H32F3NO2. The summed E-state index contributed by atoms with van der Waals surface area (Å²) in [6.45, 7) is 3.25. The van der Waals surface area contributed by atoms with Crippen molar-refractivity contribution in [2.24, 2.45) is 40.4 Å². The highest BCUT2D eigenvalue weighted by molar-refractivity contribution is 5.13. The Morgan fingerprint density at radius 2 is 1.79 bits per heavy atom. The van der Waals surface area contributed by atoms with Crippen molar-refractivity contribution < 1.29 is 23.0 Å². The second-order valence-corrected chi connectivity index (χ2v) is 10.4. The van der Waals surface area contributed by atoms with Crippen LogP contribution in [0.15, 0.2) is 0 Å². The number of hydrogen-bond acceptors (Lipinski definition) is 3. The van der Waals surface area contributed by atoms with Crippen molar-refractivity contribution in [3.05, 3.63) is 0 Å². The number of nitrogens with zero attached hydrogens (tertiary/aromatic N) is 1. The molecule has 3 nitrogen and oxygen atoms in total. The lowest BCUT2D eigenvalue weighted by Crippen LogP contribution is -2.57. The van der Waals surface area contributed by atoms with E-state index in [0.29, 0.717) is 36.5 Å². The second-order valence-electron chi connectivity index (χ2n) is 10.4. The van der Waals surface area contributed by atoms with Crippen LogP contribution in [0.4, 0.5) is 13.2 Å². The van der Waals surface area contributed by atoms with E-state index in [4.69, 9.17) is 4.74 Å². The summed E-state index contributed by atoms with van der Waals surface area (Å²) in [7, 11) is 0. The summed E-state index contributed by atoms with van der Waals surface area (Å²) in [6.07, 6.45) is 1.49. The Bertz CT molecular complexity index is 647. The fourth-order valence-corrected chi connectivity index (χ4v) is 7.84. The number of rotatable bonds is 2. The normalized spacial score (nSPS) is 51.0. The van der Waals surface area contributed by atoms with Gasteiger partial charge in [0.05, 0.1) is 24.2 Å². The molecule has 1 unspecified atom stereocenters. The van der Waals surface area contributed by atoms with Gasteiger partial charge in [-0.15, -0.1) is 0 Å². The average molecular weight is 399 g/mol. The van der Waals surface area contributed by atoms with Gasteiger partial charge in [0.1, 0.15) is 6.61 Å². The van der Waals surface area contributed by atoms with E-state index in [1.54, 1.807) is 0 Å². The van der Waals surface area contributed by atoms with Crippen LogP contribution in [-0.4, -0.2) is 30.1 Å². The Morgan fingerprint density at radius 1 is 1.07 bits per heavy atom. The first-order valence-corrected chi connectivity index (χ1v) is 10.8. The third-order valence-electron chi connectivity index (χ3n) is 9.28. The van der Waals surface area contributed by atoms with E-state index < -0.39 is 25.0 Å². The van der Waals surface area contributed by atoms with Crippen LogP contribution in [0.25, 0.3) is 0 Å². The smallest absolute Gasteiger partial charge is 0.390 e. The van der Waals surface area contributed by atoms with E-state index in [2.05, 4.69) is 19.9 Å². The Hall–Kier alpha value is -0.800. The number of aliphatic hydroxyl groups is 1. The molecule has 0 spiro atoms. The minimum Gasteiger partial charge on any atom is -0.390 e. The molecule has 28 heavy (non-hydrogen) atoms. The number of aliphatic hydroxyl groups excluding tert-OH is 1. The van der Waals surface area contributed by atoms with Gasteiger partial charge in [-0.05, 0) is 85.9 Å². The van der Waals surface area contributed by atoms with Crippen molar-refractivity contribution in [2.45, 2.75) is 83.6 Å². The van der Waals surface area contributed by atoms with Crippen molar-refractivity contribution in [3.63, 3.8) is 0 Å². The zero-order chi connectivity index (χ0) is 20.3. The summed E-state index contributed by atoms with van der Waals surface area (Å²) in [5.41, 5.74) is 0.0178. The monoisotopic (exact) mass is 399 g/mol. The first kappa shape index (κ1) is 20.5. The molecule has 0 aromatic rings. The van der Waals surface area contributed by atoms with E-state index in [-0.39, 0.29) is 16.7 Å². The van der Waals surface area contributed by atoms with Crippen LogP contribution < -0.4 is 0 Å². The molecule has 0 heterocycles. The molecule has 0 bridgehead atoms. The maximum atomic E-state index is 12.7. The molecule has 4 aliphatic rings. The van der Waals surface area contributed by atoms with Gasteiger partial charge in [-0.1, -0.05) is 13.8 Å². The maximum absolute atomic E-state index is 12.7. The third kappa shape index (κ3) is 3.17. The minimum atomic E-state index is -4.37. The van der Waals surface area contributed by atoms with Crippen molar-refractivity contribution in [2.75, 3.05) is 6.61 Å². The summed E-state index contributed by atoms with van der Waals surface area (Å²) < 4.78 is 43.2. The molecule has 0 aromatic heterocycles. The van der Waals surface area contributed by atoms with Gasteiger partial charge < -0.3 is 9.84 Å². The maximum Gasteiger partial charge on any atom is 0.411 e. The molecule has 1 N–H and O–H groups in total. The van der Waals surface area contributed by atoms with E-state index in [1.807, 2.05) is 0 Å². The van der Waals surface area contributed by atoms with Crippen LogP contribution in [0.3, 0.4) is 0 Å². The van der Waals surface area contributed by atoms with E-state index >= 15 is 0 Å². The SMILES string of the molecule is C[C@]12C[C@H](OCC(F)(F)F)[C@@H](O)C[C@@H]1CC[C@@H]1[C@@H]2CC[C@]2(C)C(C#N)CC[C@@H]12. The largest absolute Gasteiger partial charge is 0.411 e. The number of halogens is 3. The predicted molar refractivity (Wildman–Crippen MR) is 98.0 cm³/mol. The Labute approximate surface area is 165 Å². The van der Waals surface area contributed by atoms with Crippen LogP contribution in [0.2, 0.25) is 0 Å². The first-order valence-electron chi connectivity index (χ1n) is 10.8. The molecule has 158 valence electrons. The van der Waals surface area contributed by atoms with Crippen molar-refractivity contribution in [3.8, 4) is 6.07 Å². The fourth-order valence-electron chi connectivity index (χ4n) is 7.84. The lowest BCUT2D eigenvalue weighted by Gasteiger charge is -2.61. The average Bonchev–Trinajstić information content (AvgIpc) is 2.96. The number of nitriles is 1. The van der Waals surface area contributed by atoms with Crippen LogP contribution in [0.1, 0.15) is 65.2 Å². The first-order chi connectivity index (χ1) is 13.1. The van der Waals surface area contributed by atoms with Gasteiger partial charge in [0, 0.05) is 0 Å². The molecule has 6 heteroatoms. The second kappa shape index (κ2) is 6.87. The molecule has 0 aromatic carbocycles. The van der Waals surface area contributed by atoms with Gasteiger partial charge in [-0.25, -0.2) is 0 Å².